The number of amidine groups is 1. The lowest BCUT2D eigenvalue weighted by molar-refractivity contribution is -0.115. The first kappa shape index (κ1) is 22.5. The van der Waals surface area contributed by atoms with Crippen LogP contribution in [0.15, 0.2) is 56.8 Å². The summed E-state index contributed by atoms with van der Waals surface area (Å²) in [5.74, 6) is -0.210. The van der Waals surface area contributed by atoms with Crippen molar-refractivity contribution in [1.29, 1.82) is 0 Å². The lowest BCUT2D eigenvalue weighted by Crippen LogP contribution is -2.19. The molecule has 2 aromatic carbocycles. The molecule has 1 fully saturated rings. The molecule has 158 valence electrons. The van der Waals surface area contributed by atoms with Crippen molar-refractivity contribution in [2.24, 2.45) is 4.99 Å². The van der Waals surface area contributed by atoms with Crippen molar-refractivity contribution in [1.82, 2.24) is 9.88 Å². The van der Waals surface area contributed by atoms with Crippen molar-refractivity contribution < 1.29 is 4.79 Å². The molecule has 0 atom stereocenters. The normalized spacial score (nSPS) is 16.4. The van der Waals surface area contributed by atoms with Gasteiger partial charge in [0.05, 0.1) is 25.7 Å². The summed E-state index contributed by atoms with van der Waals surface area (Å²) in [4.78, 5) is 17.5. The summed E-state index contributed by atoms with van der Waals surface area (Å²) in [6.45, 7) is 4.02. The zero-order chi connectivity index (χ0) is 22.3. The molecule has 1 saturated heterocycles. The SMILES string of the molecule is Cc1cc(/C=C2/SC(=Nc3cccc(Cl)c3Cl)NC2=O)c(C)n1-c1ccc(Br)c(Cl)c1. The standard InChI is InChI=1S/C22H15BrCl3N3OS/c1-11-8-13(12(2)29(11)14-6-7-15(23)17(25)10-14)9-19-21(30)28-22(31-19)27-18-5-3-4-16(24)20(18)26/h3-10H,1-2H3,(H,27,28,30)/b19-9+. The number of hydrogen-bond acceptors (Lipinski definition) is 3. The van der Waals surface area contributed by atoms with E-state index in [4.69, 9.17) is 34.8 Å². The van der Waals surface area contributed by atoms with Crippen LogP contribution < -0.4 is 5.32 Å². The van der Waals surface area contributed by atoms with Crippen LogP contribution in [0.4, 0.5) is 5.69 Å². The van der Waals surface area contributed by atoms with E-state index in [0.717, 1.165) is 27.1 Å². The first-order chi connectivity index (χ1) is 14.7. The van der Waals surface area contributed by atoms with E-state index in [2.05, 4.69) is 30.8 Å². The molecule has 1 N–H and O–H groups in total. The highest BCUT2D eigenvalue weighted by molar-refractivity contribution is 9.10. The van der Waals surface area contributed by atoms with Crippen LogP contribution in [0.5, 0.6) is 0 Å². The Hall–Kier alpha value is -1.70. The van der Waals surface area contributed by atoms with Crippen molar-refractivity contribution >= 4 is 85.3 Å². The van der Waals surface area contributed by atoms with Crippen LogP contribution >= 0.6 is 62.5 Å². The molecule has 0 spiro atoms. The van der Waals surface area contributed by atoms with Crippen LogP contribution in [0.25, 0.3) is 11.8 Å². The molecule has 4 nitrogen and oxygen atoms in total. The molecule has 0 unspecified atom stereocenters. The number of carbonyl (C=O) groups excluding carboxylic acids is 1. The van der Waals surface area contributed by atoms with Crippen LogP contribution in [-0.2, 0) is 4.79 Å². The highest BCUT2D eigenvalue weighted by atomic mass is 79.9. The second-order valence-corrected chi connectivity index (χ2v) is 9.89. The van der Waals surface area contributed by atoms with Gasteiger partial charge in [-0.1, -0.05) is 40.9 Å². The fourth-order valence-electron chi connectivity index (χ4n) is 3.27. The molecule has 3 aromatic rings. The molecule has 0 bridgehead atoms. The highest BCUT2D eigenvalue weighted by Crippen LogP contribution is 2.35. The molecule has 1 aliphatic rings. The van der Waals surface area contributed by atoms with Crippen molar-refractivity contribution in [2.45, 2.75) is 13.8 Å². The van der Waals surface area contributed by atoms with Gasteiger partial charge in [0, 0.05) is 21.5 Å². The molecular formula is C22H15BrCl3N3OS. The van der Waals surface area contributed by atoms with Crippen LogP contribution in [0.1, 0.15) is 17.0 Å². The maximum absolute atomic E-state index is 12.5. The number of aliphatic imine (C=N–C) groups is 1. The summed E-state index contributed by atoms with van der Waals surface area (Å²) in [6.07, 6.45) is 1.86. The zero-order valence-electron chi connectivity index (χ0n) is 16.3. The van der Waals surface area contributed by atoms with Crippen LogP contribution in [-0.4, -0.2) is 15.6 Å². The van der Waals surface area contributed by atoms with Gasteiger partial charge in [-0.05, 0) is 89.6 Å². The molecule has 0 saturated carbocycles. The number of thioether (sulfide) groups is 1. The Morgan fingerprint density at radius 2 is 1.87 bits per heavy atom. The largest absolute Gasteiger partial charge is 0.318 e. The predicted molar refractivity (Wildman–Crippen MR) is 135 cm³/mol. The summed E-state index contributed by atoms with van der Waals surface area (Å²) in [5, 5.41) is 4.63. The summed E-state index contributed by atoms with van der Waals surface area (Å²) < 4.78 is 2.94. The first-order valence-electron chi connectivity index (χ1n) is 9.12. The number of rotatable bonds is 3. The fourth-order valence-corrected chi connectivity index (χ4v) is 4.85. The van der Waals surface area contributed by atoms with E-state index in [0.29, 0.717) is 30.8 Å². The number of aryl methyl sites for hydroxylation is 1. The van der Waals surface area contributed by atoms with Crippen molar-refractivity contribution in [3.63, 3.8) is 0 Å². The minimum Gasteiger partial charge on any atom is -0.318 e. The van der Waals surface area contributed by atoms with E-state index >= 15 is 0 Å². The minimum atomic E-state index is -0.210. The van der Waals surface area contributed by atoms with E-state index in [1.807, 2.05) is 44.2 Å². The Labute approximate surface area is 207 Å². The van der Waals surface area contributed by atoms with Gasteiger partial charge in [0.15, 0.2) is 5.17 Å². The number of carbonyl (C=O) groups is 1. The number of benzene rings is 2. The molecule has 0 radical (unpaired) electrons. The van der Waals surface area contributed by atoms with Gasteiger partial charge >= 0.3 is 0 Å². The zero-order valence-corrected chi connectivity index (χ0v) is 21.0. The van der Waals surface area contributed by atoms with Gasteiger partial charge in [-0.15, -0.1) is 0 Å². The third-order valence-electron chi connectivity index (χ3n) is 4.72. The minimum absolute atomic E-state index is 0.210. The second kappa shape index (κ2) is 9.04. The van der Waals surface area contributed by atoms with Crippen molar-refractivity contribution in [2.75, 3.05) is 0 Å². The van der Waals surface area contributed by atoms with Crippen LogP contribution in [0, 0.1) is 13.8 Å². The van der Waals surface area contributed by atoms with Crippen molar-refractivity contribution in [3.8, 4) is 5.69 Å². The van der Waals surface area contributed by atoms with Gasteiger partial charge in [0.2, 0.25) is 0 Å². The third kappa shape index (κ3) is 4.59. The number of nitrogens with one attached hydrogen (secondary N) is 1. The van der Waals surface area contributed by atoms with Crippen LogP contribution in [0.3, 0.4) is 0 Å². The molecule has 2 heterocycles. The average Bonchev–Trinajstić information content (AvgIpc) is 3.20. The molecule has 9 heteroatoms. The fraction of sp³-hybridized carbons (Fsp3) is 0.0909. The topological polar surface area (TPSA) is 46.4 Å². The van der Waals surface area contributed by atoms with Crippen molar-refractivity contribution in [3.05, 3.63) is 83.9 Å². The first-order valence-corrected chi connectivity index (χ1v) is 11.9. The second-order valence-electron chi connectivity index (χ2n) is 6.81. The molecule has 1 amide bonds. The Kier molecular flexibility index (Phi) is 6.56. The van der Waals surface area contributed by atoms with Gasteiger partial charge in [-0.2, -0.15) is 0 Å². The Morgan fingerprint density at radius 3 is 2.61 bits per heavy atom. The van der Waals surface area contributed by atoms with E-state index < -0.39 is 0 Å². The van der Waals surface area contributed by atoms with Gasteiger partial charge < -0.3 is 9.88 Å². The summed E-state index contributed by atoms with van der Waals surface area (Å²) in [6, 6.07) is 13.0. The lowest BCUT2D eigenvalue weighted by atomic mass is 10.2. The number of halogens is 4. The van der Waals surface area contributed by atoms with E-state index in [9.17, 15) is 4.79 Å². The molecule has 31 heavy (non-hydrogen) atoms. The molecule has 0 aliphatic carbocycles. The van der Waals surface area contributed by atoms with E-state index in [1.165, 1.54) is 11.8 Å². The summed E-state index contributed by atoms with van der Waals surface area (Å²) >= 11 is 23.2. The molecule has 4 rings (SSSR count). The molecular weight excluding hydrogens is 541 g/mol. The Bertz CT molecular complexity index is 1280. The molecule has 1 aliphatic heterocycles. The predicted octanol–water partition coefficient (Wildman–Crippen LogP) is 7.71. The van der Waals surface area contributed by atoms with Gasteiger partial charge in [0.25, 0.3) is 5.91 Å². The Morgan fingerprint density at radius 1 is 1.10 bits per heavy atom. The summed E-state index contributed by atoms with van der Waals surface area (Å²) in [5.41, 5.74) is 4.43. The molecule has 1 aromatic heterocycles. The number of hydrogen-bond donors (Lipinski definition) is 1. The highest BCUT2D eigenvalue weighted by Gasteiger charge is 2.25. The number of nitrogens with zero attached hydrogens (tertiary/aromatic N) is 2. The smallest absolute Gasteiger partial charge is 0.264 e. The average molecular weight is 556 g/mol. The quantitative estimate of drug-likeness (QED) is 0.337. The van der Waals surface area contributed by atoms with Gasteiger partial charge in [-0.25, -0.2) is 4.99 Å². The van der Waals surface area contributed by atoms with Gasteiger partial charge in [-0.3, -0.25) is 4.79 Å². The lowest BCUT2D eigenvalue weighted by Gasteiger charge is -2.10. The van der Waals surface area contributed by atoms with Gasteiger partial charge in [0.1, 0.15) is 0 Å². The maximum Gasteiger partial charge on any atom is 0.264 e. The number of aromatic nitrogens is 1. The summed E-state index contributed by atoms with van der Waals surface area (Å²) in [7, 11) is 0. The number of amides is 1. The van der Waals surface area contributed by atoms with Crippen LogP contribution in [0.2, 0.25) is 15.1 Å². The Balaban J connectivity index is 1.66. The maximum atomic E-state index is 12.5. The van der Waals surface area contributed by atoms with E-state index in [1.54, 1.807) is 18.2 Å². The van der Waals surface area contributed by atoms with E-state index in [-0.39, 0.29) is 5.91 Å². The third-order valence-corrected chi connectivity index (χ3v) is 7.67. The monoisotopic (exact) mass is 553 g/mol.